The lowest BCUT2D eigenvalue weighted by Gasteiger charge is -2.28. The third-order valence-corrected chi connectivity index (χ3v) is 7.04. The van der Waals surface area contributed by atoms with Crippen molar-refractivity contribution in [3.8, 4) is 0 Å². The van der Waals surface area contributed by atoms with Crippen molar-refractivity contribution in [3.63, 3.8) is 0 Å². The summed E-state index contributed by atoms with van der Waals surface area (Å²) >= 11 is 0. The molecule has 5 atom stereocenters. The van der Waals surface area contributed by atoms with Crippen molar-refractivity contribution in [1.29, 1.82) is 0 Å². The van der Waals surface area contributed by atoms with Crippen LogP contribution in [0.2, 0.25) is 0 Å². The predicted octanol–water partition coefficient (Wildman–Crippen LogP) is 6.35. The van der Waals surface area contributed by atoms with Crippen molar-refractivity contribution >= 4 is 12.1 Å². The first kappa shape index (κ1) is 37.0. The third-order valence-electron chi connectivity index (χ3n) is 7.04. The van der Waals surface area contributed by atoms with Gasteiger partial charge in [0.1, 0.15) is 29.5 Å². The second kappa shape index (κ2) is 17.6. The van der Waals surface area contributed by atoms with Crippen LogP contribution in [-0.2, 0) is 57.8 Å². The van der Waals surface area contributed by atoms with Crippen LogP contribution in [0.3, 0.4) is 0 Å². The van der Waals surface area contributed by atoms with Crippen LogP contribution in [0.5, 0.6) is 0 Å². The van der Waals surface area contributed by atoms with E-state index in [1.165, 1.54) is 0 Å². The number of nitrogens with one attached hydrogen (secondary N) is 1. The number of rotatable bonds is 15. The summed E-state index contributed by atoms with van der Waals surface area (Å²) < 4.78 is 42.7. The van der Waals surface area contributed by atoms with Gasteiger partial charge in [-0.1, -0.05) is 91.0 Å². The van der Waals surface area contributed by atoms with Gasteiger partial charge < -0.3 is 38.5 Å². The van der Waals surface area contributed by atoms with Gasteiger partial charge in [-0.3, -0.25) is 0 Å². The highest BCUT2D eigenvalue weighted by Crippen LogP contribution is 2.30. The zero-order valence-corrected chi connectivity index (χ0v) is 28.8. The Morgan fingerprint density at radius 2 is 1.15 bits per heavy atom. The topological polar surface area (TPSA) is 111 Å². The first-order chi connectivity index (χ1) is 22.9. The highest BCUT2D eigenvalue weighted by Gasteiger charge is 2.48. The van der Waals surface area contributed by atoms with Crippen LogP contribution in [0.25, 0.3) is 0 Å². The van der Waals surface area contributed by atoms with Gasteiger partial charge in [0.05, 0.1) is 33.0 Å². The van der Waals surface area contributed by atoms with E-state index in [0.717, 1.165) is 16.7 Å². The molecule has 0 saturated carbocycles. The molecule has 1 heterocycles. The fraction of sp³-hybridized carbons (Fsp3) is 0.474. The fourth-order valence-electron chi connectivity index (χ4n) is 4.92. The number of ether oxygens (including phenoxy) is 7. The summed E-state index contributed by atoms with van der Waals surface area (Å²) in [6.45, 7) is 11.3. The Morgan fingerprint density at radius 1 is 0.667 bits per heavy atom. The smallest absolute Gasteiger partial charge is 0.408 e. The number of hydrogen-bond donors (Lipinski definition) is 1. The molecule has 1 amide bonds. The van der Waals surface area contributed by atoms with Crippen molar-refractivity contribution in [2.45, 2.75) is 103 Å². The summed E-state index contributed by atoms with van der Waals surface area (Å²) in [5.41, 5.74) is 1.40. The SMILES string of the molecule is CC(C)(C)OC(=O)N[C@@H](CO[C@@H]1O[C@H](COCc2ccccc2)[C@@H](OCc2ccccc2)[C@H]1OCc1ccccc1)C(=O)OC(C)(C)C. The molecule has 10 nitrogen and oxygen atoms in total. The average Bonchev–Trinajstić information content (AvgIpc) is 3.36. The lowest BCUT2D eigenvalue weighted by molar-refractivity contribution is -0.192. The molecule has 10 heteroatoms. The maximum atomic E-state index is 13.2. The molecule has 3 aromatic rings. The summed E-state index contributed by atoms with van der Waals surface area (Å²) in [5.74, 6) is -0.673. The summed E-state index contributed by atoms with van der Waals surface area (Å²) in [7, 11) is 0. The molecule has 260 valence electrons. The molecule has 3 aromatic carbocycles. The number of amides is 1. The quantitative estimate of drug-likeness (QED) is 0.186. The summed E-state index contributed by atoms with van der Waals surface area (Å²) in [6.07, 6.45) is -3.61. The number of carbonyl (C=O) groups excluding carboxylic acids is 2. The Labute approximate surface area is 284 Å². The van der Waals surface area contributed by atoms with Crippen LogP contribution in [0.15, 0.2) is 91.0 Å². The highest BCUT2D eigenvalue weighted by molar-refractivity contribution is 5.81. The van der Waals surface area contributed by atoms with Crippen molar-refractivity contribution in [2.75, 3.05) is 13.2 Å². The van der Waals surface area contributed by atoms with Gasteiger partial charge in [0.15, 0.2) is 12.3 Å². The largest absolute Gasteiger partial charge is 0.458 e. The normalized spacial score (nSPS) is 20.2. The molecule has 0 bridgehead atoms. The van der Waals surface area contributed by atoms with Crippen molar-refractivity contribution < 1.29 is 42.7 Å². The maximum Gasteiger partial charge on any atom is 0.408 e. The number of benzene rings is 3. The van der Waals surface area contributed by atoms with Gasteiger partial charge in [0.25, 0.3) is 0 Å². The third kappa shape index (κ3) is 12.7. The Hall–Kier alpha value is -3.80. The molecular formula is C38H49NO9. The van der Waals surface area contributed by atoms with Gasteiger partial charge in [0.2, 0.25) is 0 Å². The molecule has 1 fully saturated rings. The molecular weight excluding hydrogens is 614 g/mol. The number of carbonyl (C=O) groups is 2. The number of hydrogen-bond acceptors (Lipinski definition) is 9. The van der Waals surface area contributed by atoms with E-state index >= 15 is 0 Å². The van der Waals surface area contributed by atoms with Crippen LogP contribution in [0, 0.1) is 0 Å². The molecule has 1 aliphatic heterocycles. The highest BCUT2D eigenvalue weighted by atomic mass is 16.7. The summed E-state index contributed by atoms with van der Waals surface area (Å²) in [4.78, 5) is 26.0. The van der Waals surface area contributed by atoms with Gasteiger partial charge >= 0.3 is 12.1 Å². The maximum absolute atomic E-state index is 13.2. The first-order valence-corrected chi connectivity index (χ1v) is 16.3. The molecule has 0 aromatic heterocycles. The Kier molecular flexibility index (Phi) is 13.5. The second-order valence-electron chi connectivity index (χ2n) is 13.6. The monoisotopic (exact) mass is 663 g/mol. The van der Waals surface area contributed by atoms with E-state index in [4.69, 9.17) is 33.2 Å². The number of alkyl carbamates (subject to hydrolysis) is 1. The average molecular weight is 664 g/mol. The van der Waals surface area contributed by atoms with Gasteiger partial charge in [-0.2, -0.15) is 0 Å². The van der Waals surface area contributed by atoms with Crippen molar-refractivity contribution in [3.05, 3.63) is 108 Å². The van der Waals surface area contributed by atoms with E-state index in [2.05, 4.69) is 5.32 Å². The van der Waals surface area contributed by atoms with E-state index in [-0.39, 0.29) is 19.8 Å². The lowest BCUT2D eigenvalue weighted by atomic mass is 10.1. The minimum atomic E-state index is -1.19. The molecule has 48 heavy (non-hydrogen) atoms. The van der Waals surface area contributed by atoms with Crippen LogP contribution in [0.1, 0.15) is 58.2 Å². The standard InChI is InChI=1S/C38H49NO9/c1-37(2,3)47-34(40)30(39-36(41)48-38(4,5)6)25-45-35-33(44-24-29-20-14-9-15-21-29)32(43-23-28-18-12-8-13-19-28)31(46-35)26-42-22-27-16-10-7-11-17-27/h7-21,30-33,35H,22-26H2,1-6H3,(H,39,41)/t30-,31+,32+,33+,35+/m0/s1. The molecule has 0 aliphatic carbocycles. The van der Waals surface area contributed by atoms with E-state index in [9.17, 15) is 9.59 Å². The summed E-state index contributed by atoms with van der Waals surface area (Å²) in [5, 5.41) is 2.60. The molecule has 1 aliphatic rings. The Balaban J connectivity index is 1.55. The predicted molar refractivity (Wildman–Crippen MR) is 180 cm³/mol. The second-order valence-corrected chi connectivity index (χ2v) is 13.6. The molecule has 0 spiro atoms. The van der Waals surface area contributed by atoms with Crippen LogP contribution in [-0.4, -0.2) is 67.1 Å². The zero-order chi connectivity index (χ0) is 34.6. The molecule has 4 rings (SSSR count). The van der Waals surface area contributed by atoms with Crippen LogP contribution >= 0.6 is 0 Å². The van der Waals surface area contributed by atoms with Crippen LogP contribution < -0.4 is 5.32 Å². The van der Waals surface area contributed by atoms with Crippen LogP contribution in [0.4, 0.5) is 4.79 Å². The Morgan fingerprint density at radius 3 is 1.65 bits per heavy atom. The molecule has 0 unspecified atom stereocenters. The minimum Gasteiger partial charge on any atom is -0.458 e. The Bertz CT molecular complexity index is 1390. The van der Waals surface area contributed by atoms with Gasteiger partial charge in [-0.15, -0.1) is 0 Å². The van der Waals surface area contributed by atoms with E-state index < -0.39 is 53.9 Å². The van der Waals surface area contributed by atoms with E-state index in [1.807, 2.05) is 91.0 Å². The number of esters is 1. The van der Waals surface area contributed by atoms with E-state index in [1.54, 1.807) is 41.5 Å². The van der Waals surface area contributed by atoms with Gasteiger partial charge in [0, 0.05) is 0 Å². The minimum absolute atomic E-state index is 0.199. The molecule has 1 N–H and O–H groups in total. The van der Waals surface area contributed by atoms with Gasteiger partial charge in [-0.05, 0) is 58.2 Å². The van der Waals surface area contributed by atoms with Gasteiger partial charge in [-0.25, -0.2) is 9.59 Å². The molecule has 1 saturated heterocycles. The van der Waals surface area contributed by atoms with E-state index in [0.29, 0.717) is 13.2 Å². The van der Waals surface area contributed by atoms with Crippen molar-refractivity contribution in [2.24, 2.45) is 0 Å². The fourth-order valence-corrected chi connectivity index (χ4v) is 4.92. The zero-order valence-electron chi connectivity index (χ0n) is 28.8. The molecule has 0 radical (unpaired) electrons. The lowest BCUT2D eigenvalue weighted by Crippen LogP contribution is -2.49. The van der Waals surface area contributed by atoms with Crippen molar-refractivity contribution in [1.82, 2.24) is 5.32 Å². The summed E-state index contributed by atoms with van der Waals surface area (Å²) in [6, 6.07) is 28.2. The first-order valence-electron chi connectivity index (χ1n) is 16.3.